The zero-order valence-corrected chi connectivity index (χ0v) is 16.0. The second-order valence-electron chi connectivity index (χ2n) is 8.22. The van der Waals surface area contributed by atoms with Crippen LogP contribution in [0.15, 0.2) is 42.7 Å². The fourth-order valence-electron chi connectivity index (χ4n) is 5.26. The number of aromatic nitrogens is 1. The summed E-state index contributed by atoms with van der Waals surface area (Å²) in [7, 11) is 0. The Hall–Kier alpha value is -2.53. The van der Waals surface area contributed by atoms with Gasteiger partial charge in [-0.2, -0.15) is 0 Å². The summed E-state index contributed by atoms with van der Waals surface area (Å²) in [6, 6.07) is 10.5. The lowest BCUT2D eigenvalue weighted by molar-refractivity contribution is -0.117. The van der Waals surface area contributed by atoms with Crippen LogP contribution in [0.25, 0.3) is 0 Å². The van der Waals surface area contributed by atoms with E-state index < -0.39 is 0 Å². The molecule has 0 N–H and O–H groups in total. The van der Waals surface area contributed by atoms with Gasteiger partial charge in [-0.15, -0.1) is 0 Å². The summed E-state index contributed by atoms with van der Waals surface area (Å²) in [4.78, 5) is 33.4. The SMILES string of the molecule is O=C1Cc2cccc3c2N(C1)[C@H]1CCN(CCCC(=O)c2ccncc2)C[C@@H]31. The first-order valence-corrected chi connectivity index (χ1v) is 10.3. The fourth-order valence-corrected chi connectivity index (χ4v) is 5.26. The molecule has 1 saturated heterocycles. The second kappa shape index (κ2) is 7.13. The number of rotatable bonds is 5. The quantitative estimate of drug-likeness (QED) is 0.752. The summed E-state index contributed by atoms with van der Waals surface area (Å²) in [6.07, 6.45) is 6.48. The lowest BCUT2D eigenvalue weighted by Gasteiger charge is -2.39. The molecule has 144 valence electrons. The zero-order chi connectivity index (χ0) is 19.1. The lowest BCUT2D eigenvalue weighted by Crippen LogP contribution is -2.48. The minimum Gasteiger partial charge on any atom is -0.360 e. The van der Waals surface area contributed by atoms with Gasteiger partial charge in [-0.25, -0.2) is 0 Å². The van der Waals surface area contributed by atoms with Gasteiger partial charge in [-0.1, -0.05) is 18.2 Å². The number of para-hydroxylation sites is 1. The number of pyridine rings is 1. The van der Waals surface area contributed by atoms with Crippen LogP contribution >= 0.6 is 0 Å². The fraction of sp³-hybridized carbons (Fsp3) is 0.435. The summed E-state index contributed by atoms with van der Waals surface area (Å²) >= 11 is 0. The van der Waals surface area contributed by atoms with Crippen molar-refractivity contribution >= 4 is 17.3 Å². The lowest BCUT2D eigenvalue weighted by atomic mass is 9.88. The first kappa shape index (κ1) is 17.6. The third kappa shape index (κ3) is 3.04. The topological polar surface area (TPSA) is 53.5 Å². The van der Waals surface area contributed by atoms with Crippen LogP contribution in [0.1, 0.15) is 46.7 Å². The van der Waals surface area contributed by atoms with Crippen LogP contribution in [0, 0.1) is 0 Å². The molecule has 28 heavy (non-hydrogen) atoms. The van der Waals surface area contributed by atoms with Crippen LogP contribution < -0.4 is 4.90 Å². The van der Waals surface area contributed by atoms with E-state index in [9.17, 15) is 9.59 Å². The molecule has 0 aliphatic carbocycles. The van der Waals surface area contributed by atoms with Crippen molar-refractivity contribution in [3.05, 3.63) is 59.4 Å². The molecule has 1 aromatic carbocycles. The number of likely N-dealkylation sites (tertiary alicyclic amines) is 1. The van der Waals surface area contributed by atoms with Gasteiger partial charge in [0.15, 0.2) is 11.6 Å². The van der Waals surface area contributed by atoms with Gasteiger partial charge in [-0.3, -0.25) is 14.6 Å². The Labute approximate surface area is 165 Å². The van der Waals surface area contributed by atoms with Crippen LogP contribution in [0.5, 0.6) is 0 Å². The highest BCUT2D eigenvalue weighted by molar-refractivity contribution is 5.95. The minimum absolute atomic E-state index is 0.198. The van der Waals surface area contributed by atoms with E-state index in [1.165, 1.54) is 16.8 Å². The molecule has 0 amide bonds. The largest absolute Gasteiger partial charge is 0.360 e. The first-order valence-electron chi connectivity index (χ1n) is 10.3. The number of fused-ring (bicyclic) bond motifs is 3. The number of anilines is 1. The van der Waals surface area contributed by atoms with Gasteiger partial charge in [0.05, 0.1) is 6.54 Å². The zero-order valence-electron chi connectivity index (χ0n) is 16.0. The molecule has 2 atom stereocenters. The third-order valence-electron chi connectivity index (χ3n) is 6.51. The Morgan fingerprint density at radius 3 is 2.89 bits per heavy atom. The van der Waals surface area contributed by atoms with Crippen molar-refractivity contribution in [1.29, 1.82) is 0 Å². The number of carbonyl (C=O) groups is 2. The predicted octanol–water partition coefficient (Wildman–Crippen LogP) is 2.85. The van der Waals surface area contributed by atoms with Gasteiger partial charge in [0, 0.05) is 61.5 Å². The molecule has 5 heteroatoms. The summed E-state index contributed by atoms with van der Waals surface area (Å²) in [5.74, 6) is 1.01. The van der Waals surface area contributed by atoms with Gasteiger partial charge in [-0.05, 0) is 42.6 Å². The van der Waals surface area contributed by atoms with E-state index in [4.69, 9.17) is 0 Å². The Morgan fingerprint density at radius 2 is 2.04 bits per heavy atom. The smallest absolute Gasteiger partial charge is 0.163 e. The Balaban J connectivity index is 1.24. The van der Waals surface area contributed by atoms with Crippen molar-refractivity contribution < 1.29 is 9.59 Å². The molecule has 0 radical (unpaired) electrons. The second-order valence-corrected chi connectivity index (χ2v) is 8.22. The molecule has 0 unspecified atom stereocenters. The van der Waals surface area contributed by atoms with E-state index >= 15 is 0 Å². The van der Waals surface area contributed by atoms with Gasteiger partial charge in [0.25, 0.3) is 0 Å². The average Bonchev–Trinajstić information content (AvgIpc) is 3.03. The number of carbonyl (C=O) groups excluding carboxylic acids is 2. The summed E-state index contributed by atoms with van der Waals surface area (Å²) in [5.41, 5.74) is 4.72. The summed E-state index contributed by atoms with van der Waals surface area (Å²) in [5, 5.41) is 0. The molecule has 0 saturated carbocycles. The highest BCUT2D eigenvalue weighted by Gasteiger charge is 2.44. The van der Waals surface area contributed by atoms with Crippen LogP contribution in [-0.2, 0) is 11.2 Å². The molecule has 5 rings (SSSR count). The van der Waals surface area contributed by atoms with E-state index in [0.717, 1.165) is 38.0 Å². The Bertz CT molecular complexity index is 911. The van der Waals surface area contributed by atoms with Crippen molar-refractivity contribution in [1.82, 2.24) is 9.88 Å². The predicted molar refractivity (Wildman–Crippen MR) is 108 cm³/mol. The summed E-state index contributed by atoms with van der Waals surface area (Å²) < 4.78 is 0. The van der Waals surface area contributed by atoms with E-state index in [-0.39, 0.29) is 5.78 Å². The number of Topliss-reactive ketones (excluding diaryl/α,β-unsaturated/α-hetero) is 2. The highest BCUT2D eigenvalue weighted by atomic mass is 16.1. The maximum Gasteiger partial charge on any atom is 0.163 e. The molecule has 0 spiro atoms. The van der Waals surface area contributed by atoms with E-state index in [0.29, 0.717) is 37.1 Å². The summed E-state index contributed by atoms with van der Waals surface area (Å²) in [6.45, 7) is 3.59. The number of hydrogen-bond donors (Lipinski definition) is 0. The standard InChI is InChI=1S/C23H25N3O2/c27-18-13-17-3-1-4-19-20-15-25(12-8-21(20)26(14-18)23(17)19)11-2-5-22(28)16-6-9-24-10-7-16/h1,3-4,6-7,9-10,20-21H,2,5,8,11-15H2/t20-,21-/m0/s1. The monoisotopic (exact) mass is 375 g/mol. The molecular formula is C23H25N3O2. The molecule has 4 heterocycles. The molecule has 5 nitrogen and oxygen atoms in total. The molecule has 3 aliphatic rings. The van der Waals surface area contributed by atoms with Gasteiger partial charge >= 0.3 is 0 Å². The average molecular weight is 375 g/mol. The van der Waals surface area contributed by atoms with E-state index in [1.807, 2.05) is 0 Å². The number of hydrogen-bond acceptors (Lipinski definition) is 5. The van der Waals surface area contributed by atoms with Crippen molar-refractivity contribution in [3.63, 3.8) is 0 Å². The van der Waals surface area contributed by atoms with Crippen molar-refractivity contribution in [2.24, 2.45) is 0 Å². The van der Waals surface area contributed by atoms with Crippen LogP contribution in [0.4, 0.5) is 5.69 Å². The van der Waals surface area contributed by atoms with Gasteiger partial charge in [0.2, 0.25) is 0 Å². The Morgan fingerprint density at radius 1 is 1.18 bits per heavy atom. The number of benzene rings is 1. The molecule has 0 bridgehead atoms. The van der Waals surface area contributed by atoms with E-state index in [1.54, 1.807) is 24.5 Å². The number of ketones is 2. The first-order chi connectivity index (χ1) is 13.7. The molecule has 1 aromatic heterocycles. The van der Waals surface area contributed by atoms with Crippen molar-refractivity contribution in [3.8, 4) is 0 Å². The van der Waals surface area contributed by atoms with Gasteiger partial charge < -0.3 is 9.80 Å². The number of piperidine rings is 1. The van der Waals surface area contributed by atoms with Crippen LogP contribution in [0.3, 0.4) is 0 Å². The van der Waals surface area contributed by atoms with Crippen LogP contribution in [0.2, 0.25) is 0 Å². The van der Waals surface area contributed by atoms with Gasteiger partial charge in [0.1, 0.15) is 0 Å². The Kier molecular flexibility index (Phi) is 4.47. The molecule has 2 aromatic rings. The third-order valence-corrected chi connectivity index (χ3v) is 6.51. The molecule has 1 fully saturated rings. The van der Waals surface area contributed by atoms with Crippen molar-refractivity contribution in [2.45, 2.75) is 37.6 Å². The maximum absolute atomic E-state index is 12.3. The van der Waals surface area contributed by atoms with Crippen molar-refractivity contribution in [2.75, 3.05) is 31.1 Å². The molecule has 3 aliphatic heterocycles. The molecular weight excluding hydrogens is 350 g/mol. The minimum atomic E-state index is 0.198. The van der Waals surface area contributed by atoms with Crippen LogP contribution in [-0.4, -0.2) is 53.7 Å². The van der Waals surface area contributed by atoms with E-state index in [2.05, 4.69) is 33.0 Å². The maximum atomic E-state index is 12.3. The number of nitrogens with zero attached hydrogens (tertiary/aromatic N) is 3. The highest BCUT2D eigenvalue weighted by Crippen LogP contribution is 2.47. The normalized spacial score (nSPS) is 23.4.